The Balaban J connectivity index is 2.19. The molecule has 0 saturated carbocycles. The van der Waals surface area contributed by atoms with Crippen molar-refractivity contribution in [2.24, 2.45) is 0 Å². The van der Waals surface area contributed by atoms with Crippen LogP contribution in [-0.4, -0.2) is 49.1 Å². The number of hydrogen-bond acceptors (Lipinski definition) is 4. The minimum atomic E-state index is -0.329. The Bertz CT molecular complexity index is 388. The summed E-state index contributed by atoms with van der Waals surface area (Å²) in [6, 6.07) is 4.24. The molecule has 1 aromatic rings. The van der Waals surface area contributed by atoms with Gasteiger partial charge < -0.3 is 19.9 Å². The Morgan fingerprint density at radius 3 is 2.84 bits per heavy atom. The Hall–Kier alpha value is -1.33. The predicted octanol–water partition coefficient (Wildman–Crippen LogP) is 1.62. The minimum absolute atomic E-state index is 0.329. The number of aromatic nitrogens is 1. The molecule has 1 aromatic heterocycles. The fourth-order valence-electron chi connectivity index (χ4n) is 1.71. The summed E-state index contributed by atoms with van der Waals surface area (Å²) in [4.78, 5) is 16.6. The second-order valence-corrected chi connectivity index (χ2v) is 4.99. The van der Waals surface area contributed by atoms with Gasteiger partial charge in [0.15, 0.2) is 0 Å². The van der Waals surface area contributed by atoms with E-state index < -0.39 is 0 Å². The number of aromatic amines is 1. The molecule has 5 heteroatoms. The van der Waals surface area contributed by atoms with Crippen LogP contribution in [0.3, 0.4) is 0 Å². The van der Waals surface area contributed by atoms with E-state index >= 15 is 0 Å². The molecule has 0 aliphatic rings. The van der Waals surface area contributed by atoms with Crippen molar-refractivity contribution >= 4 is 5.97 Å². The van der Waals surface area contributed by atoms with Gasteiger partial charge in [0.05, 0.1) is 7.11 Å². The third-order valence-corrected chi connectivity index (χ3v) is 3.21. The van der Waals surface area contributed by atoms with Crippen LogP contribution in [-0.2, 0) is 11.3 Å². The van der Waals surface area contributed by atoms with Gasteiger partial charge in [-0.2, -0.15) is 0 Å². The first-order valence-electron chi connectivity index (χ1n) is 6.71. The third kappa shape index (κ3) is 5.44. The van der Waals surface area contributed by atoms with E-state index in [4.69, 9.17) is 0 Å². The highest BCUT2D eigenvalue weighted by atomic mass is 16.5. The van der Waals surface area contributed by atoms with E-state index in [9.17, 15) is 4.79 Å². The molecular weight excluding hydrogens is 242 g/mol. The van der Waals surface area contributed by atoms with Crippen molar-refractivity contribution < 1.29 is 9.53 Å². The smallest absolute Gasteiger partial charge is 0.354 e. The molecule has 0 amide bonds. The van der Waals surface area contributed by atoms with Gasteiger partial charge in [0.1, 0.15) is 5.69 Å². The SMILES string of the molecule is COC(=O)c1ccc(CNCCCN(C)C(C)C)[nH]1. The summed E-state index contributed by atoms with van der Waals surface area (Å²) in [6.07, 6.45) is 1.11. The molecule has 0 radical (unpaired) electrons. The Labute approximate surface area is 115 Å². The summed E-state index contributed by atoms with van der Waals surface area (Å²) >= 11 is 0. The highest BCUT2D eigenvalue weighted by Gasteiger charge is 2.07. The maximum atomic E-state index is 11.3. The molecule has 0 aliphatic carbocycles. The number of carbonyl (C=O) groups excluding carboxylic acids is 1. The molecule has 0 fully saturated rings. The summed E-state index contributed by atoms with van der Waals surface area (Å²) in [5, 5.41) is 3.36. The molecule has 2 N–H and O–H groups in total. The first-order chi connectivity index (χ1) is 9.04. The summed E-state index contributed by atoms with van der Waals surface area (Å²) in [5.74, 6) is -0.329. The predicted molar refractivity (Wildman–Crippen MR) is 76.2 cm³/mol. The first kappa shape index (κ1) is 15.7. The van der Waals surface area contributed by atoms with Crippen LogP contribution in [0, 0.1) is 0 Å². The van der Waals surface area contributed by atoms with Crippen molar-refractivity contribution in [3.05, 3.63) is 23.5 Å². The van der Waals surface area contributed by atoms with Crippen molar-refractivity contribution in [1.29, 1.82) is 0 Å². The van der Waals surface area contributed by atoms with Crippen molar-refractivity contribution in [3.8, 4) is 0 Å². The van der Waals surface area contributed by atoms with Gasteiger partial charge in [0.25, 0.3) is 0 Å². The summed E-state index contributed by atoms with van der Waals surface area (Å²) in [5.41, 5.74) is 1.50. The summed E-state index contributed by atoms with van der Waals surface area (Å²) in [6.45, 7) is 7.18. The second-order valence-electron chi connectivity index (χ2n) is 4.99. The molecule has 0 bridgehead atoms. The van der Waals surface area contributed by atoms with Crippen LogP contribution in [0.2, 0.25) is 0 Å². The molecule has 0 atom stereocenters. The maximum absolute atomic E-state index is 11.3. The number of methoxy groups -OCH3 is 1. The monoisotopic (exact) mass is 267 g/mol. The van der Waals surface area contributed by atoms with Crippen molar-refractivity contribution in [2.75, 3.05) is 27.2 Å². The number of ether oxygens (including phenoxy) is 1. The van der Waals surface area contributed by atoms with Gasteiger partial charge in [-0.25, -0.2) is 4.79 Å². The van der Waals surface area contributed by atoms with Crippen LogP contribution in [0.1, 0.15) is 36.5 Å². The lowest BCUT2D eigenvalue weighted by Gasteiger charge is -2.20. The molecule has 0 aromatic carbocycles. The van der Waals surface area contributed by atoms with Crippen molar-refractivity contribution in [1.82, 2.24) is 15.2 Å². The zero-order chi connectivity index (χ0) is 14.3. The van der Waals surface area contributed by atoms with Crippen molar-refractivity contribution in [2.45, 2.75) is 32.9 Å². The standard InChI is InChI=1S/C14H25N3O2/c1-11(2)17(3)9-5-8-15-10-12-6-7-13(16-12)14(18)19-4/h6-7,11,15-16H,5,8-10H2,1-4H3. The molecule has 5 nitrogen and oxygen atoms in total. The number of H-pyrrole nitrogens is 1. The topological polar surface area (TPSA) is 57.4 Å². The first-order valence-corrected chi connectivity index (χ1v) is 6.71. The molecule has 0 saturated heterocycles. The van der Waals surface area contributed by atoms with E-state index in [1.165, 1.54) is 7.11 Å². The number of nitrogens with zero attached hydrogens (tertiary/aromatic N) is 1. The van der Waals surface area contributed by atoms with E-state index in [0.29, 0.717) is 11.7 Å². The molecule has 1 heterocycles. The largest absolute Gasteiger partial charge is 0.464 e. The van der Waals surface area contributed by atoms with Gasteiger partial charge in [-0.05, 0) is 52.5 Å². The van der Waals surface area contributed by atoms with Gasteiger partial charge in [-0.1, -0.05) is 0 Å². The lowest BCUT2D eigenvalue weighted by molar-refractivity contribution is 0.0594. The summed E-state index contributed by atoms with van der Waals surface area (Å²) in [7, 11) is 3.52. The fraction of sp³-hybridized carbons (Fsp3) is 0.643. The Kier molecular flexibility index (Phi) is 6.59. The quantitative estimate of drug-likeness (QED) is 0.555. The van der Waals surface area contributed by atoms with E-state index in [2.05, 4.69) is 40.8 Å². The third-order valence-electron chi connectivity index (χ3n) is 3.21. The van der Waals surface area contributed by atoms with E-state index in [-0.39, 0.29) is 5.97 Å². The van der Waals surface area contributed by atoms with Crippen LogP contribution in [0.5, 0.6) is 0 Å². The zero-order valence-electron chi connectivity index (χ0n) is 12.3. The lowest BCUT2D eigenvalue weighted by atomic mass is 10.3. The van der Waals surface area contributed by atoms with Crippen LogP contribution in [0.4, 0.5) is 0 Å². The van der Waals surface area contributed by atoms with Gasteiger partial charge >= 0.3 is 5.97 Å². The van der Waals surface area contributed by atoms with Gasteiger partial charge in [-0.3, -0.25) is 0 Å². The van der Waals surface area contributed by atoms with E-state index in [1.54, 1.807) is 6.07 Å². The summed E-state index contributed by atoms with van der Waals surface area (Å²) < 4.78 is 4.65. The molecule has 0 unspecified atom stereocenters. The normalized spacial score (nSPS) is 11.3. The number of rotatable bonds is 8. The van der Waals surface area contributed by atoms with Crippen LogP contribution >= 0.6 is 0 Å². The molecule has 108 valence electrons. The van der Waals surface area contributed by atoms with Crippen molar-refractivity contribution in [3.63, 3.8) is 0 Å². The fourth-order valence-corrected chi connectivity index (χ4v) is 1.71. The number of esters is 1. The second kappa shape index (κ2) is 7.96. The Morgan fingerprint density at radius 2 is 2.21 bits per heavy atom. The molecule has 0 aliphatic heterocycles. The maximum Gasteiger partial charge on any atom is 0.354 e. The van der Waals surface area contributed by atoms with E-state index in [1.807, 2.05) is 6.07 Å². The number of nitrogens with one attached hydrogen (secondary N) is 2. The molecule has 1 rings (SSSR count). The Morgan fingerprint density at radius 1 is 1.47 bits per heavy atom. The van der Waals surface area contributed by atoms with Crippen LogP contribution in [0.25, 0.3) is 0 Å². The van der Waals surface area contributed by atoms with Gasteiger partial charge in [-0.15, -0.1) is 0 Å². The lowest BCUT2D eigenvalue weighted by Crippen LogP contribution is -2.29. The average molecular weight is 267 g/mol. The van der Waals surface area contributed by atoms with Gasteiger partial charge in [0.2, 0.25) is 0 Å². The van der Waals surface area contributed by atoms with Gasteiger partial charge in [0, 0.05) is 18.3 Å². The average Bonchev–Trinajstić information content (AvgIpc) is 2.85. The van der Waals surface area contributed by atoms with Crippen LogP contribution in [0.15, 0.2) is 12.1 Å². The molecular formula is C14H25N3O2. The van der Waals surface area contributed by atoms with E-state index in [0.717, 1.165) is 31.7 Å². The minimum Gasteiger partial charge on any atom is -0.464 e. The number of hydrogen-bond donors (Lipinski definition) is 2. The highest BCUT2D eigenvalue weighted by Crippen LogP contribution is 2.03. The number of carbonyl (C=O) groups is 1. The zero-order valence-corrected chi connectivity index (χ0v) is 12.3. The molecule has 19 heavy (non-hydrogen) atoms. The highest BCUT2D eigenvalue weighted by molar-refractivity contribution is 5.87. The van der Waals surface area contributed by atoms with Crippen LogP contribution < -0.4 is 5.32 Å². The molecule has 0 spiro atoms.